The first-order valence-corrected chi connectivity index (χ1v) is 7.64. The minimum absolute atomic E-state index is 0.0814. The summed E-state index contributed by atoms with van der Waals surface area (Å²) >= 11 is 0. The van der Waals surface area contributed by atoms with Crippen molar-refractivity contribution in [3.63, 3.8) is 0 Å². The normalized spacial score (nSPS) is 15.9. The first-order chi connectivity index (χ1) is 11.2. The molecule has 0 radical (unpaired) electrons. The number of rotatable bonds is 6. The Kier molecular flexibility index (Phi) is 5.48. The molecule has 0 spiro atoms. The van der Waals surface area contributed by atoms with E-state index in [0.29, 0.717) is 0 Å². The Morgan fingerprint density at radius 1 is 1.25 bits per heavy atom. The molecule has 1 aliphatic rings. The molecule has 0 bridgehead atoms. The van der Waals surface area contributed by atoms with Crippen LogP contribution < -0.4 is 10.6 Å². The molecule has 8 heteroatoms. The number of carbonyl (C=O) groups is 2. The Bertz CT molecular complexity index is 598. The molecule has 1 aromatic carbocycles. The molecular formula is C16H20F3N3O2. The van der Waals surface area contributed by atoms with Gasteiger partial charge in [-0.25, -0.2) is 0 Å². The van der Waals surface area contributed by atoms with Crippen LogP contribution in [0.2, 0.25) is 0 Å². The number of hydrogen-bond donors (Lipinski definition) is 2. The van der Waals surface area contributed by atoms with Gasteiger partial charge in [0.25, 0.3) is 0 Å². The number of nitrogens with zero attached hydrogens (tertiary/aromatic N) is 1. The lowest BCUT2D eigenvalue weighted by molar-refractivity contribution is -0.137. The van der Waals surface area contributed by atoms with Gasteiger partial charge in [0.05, 0.1) is 18.2 Å². The van der Waals surface area contributed by atoms with Crippen molar-refractivity contribution in [1.29, 1.82) is 0 Å². The van der Waals surface area contributed by atoms with E-state index < -0.39 is 23.7 Å². The molecule has 5 nitrogen and oxygen atoms in total. The lowest BCUT2D eigenvalue weighted by Gasteiger charge is -2.23. The number of amides is 2. The highest BCUT2D eigenvalue weighted by Crippen LogP contribution is 2.29. The molecule has 2 rings (SSSR count). The maximum absolute atomic E-state index is 12.5. The molecule has 2 N–H and O–H groups in total. The minimum Gasteiger partial charge on any atom is -0.352 e. The molecule has 0 heterocycles. The Labute approximate surface area is 138 Å². The number of alkyl halides is 3. The first kappa shape index (κ1) is 18.3. The summed E-state index contributed by atoms with van der Waals surface area (Å²) in [6, 6.07) is 3.88. The van der Waals surface area contributed by atoms with Gasteiger partial charge in [-0.3, -0.25) is 14.5 Å². The summed E-state index contributed by atoms with van der Waals surface area (Å²) in [5.74, 6) is -0.536. The van der Waals surface area contributed by atoms with Gasteiger partial charge < -0.3 is 10.6 Å². The summed E-state index contributed by atoms with van der Waals surface area (Å²) in [6.07, 6.45) is -2.44. The maximum atomic E-state index is 12.5. The fraction of sp³-hybridized carbons (Fsp3) is 0.500. The number of likely N-dealkylation sites (N-methyl/N-ethyl adjacent to an activating group) is 1. The lowest BCUT2D eigenvalue weighted by atomic mass is 10.2. The largest absolute Gasteiger partial charge is 0.416 e. The van der Waals surface area contributed by atoms with Crippen LogP contribution >= 0.6 is 0 Å². The number of anilines is 1. The van der Waals surface area contributed by atoms with Crippen LogP contribution in [0.1, 0.15) is 25.3 Å². The summed E-state index contributed by atoms with van der Waals surface area (Å²) in [6.45, 7) is 1.71. The van der Waals surface area contributed by atoms with Crippen molar-refractivity contribution < 1.29 is 22.8 Å². The third kappa shape index (κ3) is 5.23. The van der Waals surface area contributed by atoms with Crippen molar-refractivity contribution in [3.05, 3.63) is 29.8 Å². The van der Waals surface area contributed by atoms with Crippen molar-refractivity contribution in [3.8, 4) is 0 Å². The maximum Gasteiger partial charge on any atom is 0.416 e. The number of hydrogen-bond acceptors (Lipinski definition) is 3. The van der Waals surface area contributed by atoms with Crippen molar-refractivity contribution in [1.82, 2.24) is 10.2 Å². The van der Waals surface area contributed by atoms with E-state index in [1.165, 1.54) is 12.1 Å². The van der Waals surface area contributed by atoms with E-state index in [1.54, 1.807) is 18.9 Å². The molecule has 0 aromatic heterocycles. The van der Waals surface area contributed by atoms with Crippen molar-refractivity contribution in [2.75, 3.05) is 18.9 Å². The highest BCUT2D eigenvalue weighted by atomic mass is 19.4. The van der Waals surface area contributed by atoms with Crippen molar-refractivity contribution in [2.45, 2.75) is 38.0 Å². The fourth-order valence-corrected chi connectivity index (χ4v) is 2.05. The second kappa shape index (κ2) is 7.21. The zero-order valence-electron chi connectivity index (χ0n) is 13.5. The van der Waals surface area contributed by atoms with E-state index in [-0.39, 0.29) is 24.2 Å². The lowest BCUT2D eigenvalue weighted by Crippen LogP contribution is -2.45. The van der Waals surface area contributed by atoms with Crippen LogP contribution in [0.25, 0.3) is 0 Å². The van der Waals surface area contributed by atoms with Crippen LogP contribution in [0.3, 0.4) is 0 Å². The number of carbonyl (C=O) groups excluding carboxylic acids is 2. The van der Waals surface area contributed by atoms with Crippen LogP contribution in [0, 0.1) is 0 Å². The van der Waals surface area contributed by atoms with Crippen molar-refractivity contribution >= 4 is 17.5 Å². The van der Waals surface area contributed by atoms with Gasteiger partial charge in [0.1, 0.15) is 0 Å². The Morgan fingerprint density at radius 2 is 1.83 bits per heavy atom. The molecule has 1 aromatic rings. The molecule has 132 valence electrons. The minimum atomic E-state index is -4.41. The second-order valence-electron chi connectivity index (χ2n) is 6.00. The van der Waals surface area contributed by atoms with Gasteiger partial charge in [0.15, 0.2) is 0 Å². The number of halogens is 3. The zero-order valence-corrected chi connectivity index (χ0v) is 13.5. The topological polar surface area (TPSA) is 61.4 Å². The van der Waals surface area contributed by atoms with Gasteiger partial charge in [-0.2, -0.15) is 13.2 Å². The van der Waals surface area contributed by atoms with Crippen molar-refractivity contribution in [2.24, 2.45) is 0 Å². The van der Waals surface area contributed by atoms with Gasteiger partial charge in [0, 0.05) is 11.7 Å². The average Bonchev–Trinajstić information content (AvgIpc) is 3.29. The van der Waals surface area contributed by atoms with Crippen LogP contribution in [0.4, 0.5) is 18.9 Å². The van der Waals surface area contributed by atoms with Crippen LogP contribution in [0.5, 0.6) is 0 Å². The Hall–Kier alpha value is -2.09. The Morgan fingerprint density at radius 3 is 2.33 bits per heavy atom. The van der Waals surface area contributed by atoms with Crippen LogP contribution in [0.15, 0.2) is 24.3 Å². The molecule has 1 aliphatic carbocycles. The van der Waals surface area contributed by atoms with Crippen LogP contribution in [-0.4, -0.2) is 42.4 Å². The standard InChI is InChI=1S/C16H20F3N3O2/c1-10(22(2)9-14(23)20-12-7-8-12)15(24)21-13-5-3-11(4-6-13)16(17,18)19/h3-6,10,12H,7-9H2,1-2H3,(H,20,23)(H,21,24)/t10-/m0/s1. The summed E-state index contributed by atoms with van der Waals surface area (Å²) in [4.78, 5) is 25.5. The summed E-state index contributed by atoms with van der Waals surface area (Å²) < 4.78 is 37.5. The average molecular weight is 343 g/mol. The Balaban J connectivity index is 1.86. The fourth-order valence-electron chi connectivity index (χ4n) is 2.05. The third-order valence-corrected chi connectivity index (χ3v) is 3.86. The second-order valence-corrected chi connectivity index (χ2v) is 6.00. The monoisotopic (exact) mass is 343 g/mol. The van der Waals surface area contributed by atoms with Gasteiger partial charge in [0.2, 0.25) is 11.8 Å². The summed E-state index contributed by atoms with van der Waals surface area (Å²) in [5, 5.41) is 5.38. The predicted molar refractivity (Wildman–Crippen MR) is 83.3 cm³/mol. The summed E-state index contributed by atoms with van der Waals surface area (Å²) in [5.41, 5.74) is -0.502. The quantitative estimate of drug-likeness (QED) is 0.833. The van der Waals surface area contributed by atoms with Crippen LogP contribution in [-0.2, 0) is 15.8 Å². The van der Waals surface area contributed by atoms with Gasteiger partial charge >= 0.3 is 6.18 Å². The van der Waals surface area contributed by atoms with E-state index in [1.807, 2.05) is 0 Å². The van der Waals surface area contributed by atoms with Gasteiger partial charge in [-0.05, 0) is 51.1 Å². The van der Waals surface area contributed by atoms with E-state index in [9.17, 15) is 22.8 Å². The molecule has 1 saturated carbocycles. The smallest absolute Gasteiger partial charge is 0.352 e. The van der Waals surface area contributed by atoms with Gasteiger partial charge in [-0.1, -0.05) is 0 Å². The van der Waals surface area contributed by atoms with Gasteiger partial charge in [-0.15, -0.1) is 0 Å². The van der Waals surface area contributed by atoms with E-state index in [4.69, 9.17) is 0 Å². The molecule has 1 fully saturated rings. The molecule has 1 atom stereocenters. The predicted octanol–water partition coefficient (Wildman–Crippen LogP) is 2.24. The molecule has 0 saturated heterocycles. The molecule has 24 heavy (non-hydrogen) atoms. The summed E-state index contributed by atoms with van der Waals surface area (Å²) in [7, 11) is 1.64. The molecule has 0 aliphatic heterocycles. The van der Waals surface area contributed by atoms with E-state index >= 15 is 0 Å². The highest BCUT2D eigenvalue weighted by Gasteiger charge is 2.30. The number of nitrogens with one attached hydrogen (secondary N) is 2. The SMILES string of the molecule is C[C@@H](C(=O)Nc1ccc(C(F)(F)F)cc1)N(C)CC(=O)NC1CC1. The molecule has 2 amide bonds. The first-order valence-electron chi connectivity index (χ1n) is 7.64. The van der Waals surface area contributed by atoms with E-state index in [2.05, 4.69) is 10.6 Å². The van der Waals surface area contributed by atoms with E-state index in [0.717, 1.165) is 25.0 Å². The zero-order chi connectivity index (χ0) is 17.9. The molecular weight excluding hydrogens is 323 g/mol. The third-order valence-electron chi connectivity index (χ3n) is 3.86. The highest BCUT2D eigenvalue weighted by molar-refractivity contribution is 5.94. The number of benzene rings is 1. The molecule has 0 unspecified atom stereocenters.